The van der Waals surface area contributed by atoms with Gasteiger partial charge in [-0.05, 0) is 24.6 Å². The van der Waals surface area contributed by atoms with Crippen molar-refractivity contribution in [2.45, 2.75) is 13.0 Å². The zero-order valence-electron chi connectivity index (χ0n) is 11.4. The van der Waals surface area contributed by atoms with Crippen LogP contribution in [0.4, 0.5) is 4.79 Å². The van der Waals surface area contributed by atoms with Crippen molar-refractivity contribution in [3.8, 4) is 11.5 Å². The van der Waals surface area contributed by atoms with Gasteiger partial charge in [0, 0.05) is 12.6 Å². The highest BCUT2D eigenvalue weighted by atomic mass is 16.5. The second-order valence-electron chi connectivity index (χ2n) is 3.80. The Morgan fingerprint density at radius 1 is 1.26 bits per heavy atom. The molecule has 0 bridgehead atoms. The van der Waals surface area contributed by atoms with Gasteiger partial charge in [0.1, 0.15) is 11.5 Å². The molecule has 1 aromatic rings. The van der Waals surface area contributed by atoms with Crippen LogP contribution in [-0.4, -0.2) is 33.5 Å². The summed E-state index contributed by atoms with van der Waals surface area (Å²) in [5.74, 6) is 1.27. The molecule has 106 valence electrons. The van der Waals surface area contributed by atoms with E-state index < -0.39 is 6.09 Å². The Balaban J connectivity index is 2.93. The van der Waals surface area contributed by atoms with Crippen molar-refractivity contribution in [1.29, 1.82) is 0 Å². The summed E-state index contributed by atoms with van der Waals surface area (Å²) in [6, 6.07) is 4.99. The van der Waals surface area contributed by atoms with E-state index in [1.807, 2.05) is 0 Å². The van der Waals surface area contributed by atoms with Crippen LogP contribution in [0.1, 0.15) is 18.5 Å². The first kappa shape index (κ1) is 15.1. The summed E-state index contributed by atoms with van der Waals surface area (Å²) >= 11 is 0. The molecule has 1 rings (SSSR count). The summed E-state index contributed by atoms with van der Waals surface area (Å²) in [4.78, 5) is 11.4. The van der Waals surface area contributed by atoms with Crippen molar-refractivity contribution < 1.29 is 19.0 Å². The van der Waals surface area contributed by atoms with Crippen LogP contribution in [0.3, 0.4) is 0 Å². The van der Waals surface area contributed by atoms with Gasteiger partial charge in [-0.3, -0.25) is 0 Å². The molecule has 0 aliphatic heterocycles. The third-order valence-electron chi connectivity index (χ3n) is 2.58. The van der Waals surface area contributed by atoms with Gasteiger partial charge in [-0.1, -0.05) is 0 Å². The number of carbonyl (C=O) groups excluding carboxylic acids is 1. The summed E-state index contributed by atoms with van der Waals surface area (Å²) in [6.45, 7) is 2.30. The van der Waals surface area contributed by atoms with Crippen molar-refractivity contribution in [3.63, 3.8) is 0 Å². The lowest BCUT2D eigenvalue weighted by Crippen LogP contribution is -2.33. The van der Waals surface area contributed by atoms with E-state index >= 15 is 0 Å². The molecule has 0 saturated carbocycles. The van der Waals surface area contributed by atoms with E-state index in [0.717, 1.165) is 5.56 Å². The molecule has 6 heteroatoms. The molecule has 0 aliphatic carbocycles. The molecule has 0 radical (unpaired) electrons. The number of nitrogens with one attached hydrogen (secondary N) is 1. The fraction of sp³-hybridized carbons (Fsp3) is 0.462. The zero-order valence-corrected chi connectivity index (χ0v) is 11.4. The third-order valence-corrected chi connectivity index (χ3v) is 2.58. The average molecular weight is 268 g/mol. The maximum absolute atomic E-state index is 11.4. The first-order valence-electron chi connectivity index (χ1n) is 6.00. The van der Waals surface area contributed by atoms with Gasteiger partial charge < -0.3 is 25.3 Å². The number of ether oxygens (including phenoxy) is 3. The molecule has 1 atom stereocenters. The van der Waals surface area contributed by atoms with E-state index in [9.17, 15) is 4.79 Å². The van der Waals surface area contributed by atoms with Crippen molar-refractivity contribution in [2.24, 2.45) is 5.73 Å². The Hall–Kier alpha value is -1.95. The van der Waals surface area contributed by atoms with E-state index in [2.05, 4.69) is 5.32 Å². The van der Waals surface area contributed by atoms with E-state index in [1.165, 1.54) is 0 Å². The summed E-state index contributed by atoms with van der Waals surface area (Å²) in [6.07, 6.45) is -0.500. The molecular weight excluding hydrogens is 248 g/mol. The minimum atomic E-state index is -0.500. The topological polar surface area (TPSA) is 82.8 Å². The van der Waals surface area contributed by atoms with Crippen LogP contribution >= 0.6 is 0 Å². The summed E-state index contributed by atoms with van der Waals surface area (Å²) in [5, 5.41) is 2.69. The second kappa shape index (κ2) is 7.48. The van der Waals surface area contributed by atoms with Crippen molar-refractivity contribution in [3.05, 3.63) is 23.8 Å². The smallest absolute Gasteiger partial charge is 0.407 e. The van der Waals surface area contributed by atoms with Crippen molar-refractivity contribution in [2.75, 3.05) is 27.4 Å². The Labute approximate surface area is 112 Å². The molecule has 1 unspecified atom stereocenters. The molecule has 1 aromatic carbocycles. The number of amides is 1. The van der Waals surface area contributed by atoms with Gasteiger partial charge in [0.05, 0.1) is 26.9 Å². The molecule has 0 spiro atoms. The minimum Gasteiger partial charge on any atom is -0.497 e. The lowest BCUT2D eigenvalue weighted by atomic mass is 10.1. The highest BCUT2D eigenvalue weighted by Crippen LogP contribution is 2.26. The van der Waals surface area contributed by atoms with Crippen molar-refractivity contribution in [1.82, 2.24) is 5.32 Å². The third kappa shape index (κ3) is 4.33. The fourth-order valence-corrected chi connectivity index (χ4v) is 1.62. The van der Waals surface area contributed by atoms with Crippen LogP contribution in [-0.2, 0) is 4.74 Å². The van der Waals surface area contributed by atoms with Crippen LogP contribution in [0.15, 0.2) is 18.2 Å². The summed E-state index contributed by atoms with van der Waals surface area (Å²) in [5.41, 5.74) is 6.48. The number of nitrogens with two attached hydrogens (primary N) is 1. The number of benzene rings is 1. The summed E-state index contributed by atoms with van der Waals surface area (Å²) < 4.78 is 15.2. The molecule has 6 nitrogen and oxygen atoms in total. The number of hydrogen-bond acceptors (Lipinski definition) is 5. The van der Waals surface area contributed by atoms with Gasteiger partial charge in [-0.25, -0.2) is 4.79 Å². The molecule has 0 aliphatic rings. The second-order valence-corrected chi connectivity index (χ2v) is 3.80. The molecule has 19 heavy (non-hydrogen) atoms. The highest BCUT2D eigenvalue weighted by Gasteiger charge is 2.15. The SMILES string of the molecule is CCOC(=O)NC(CN)c1cc(OC)cc(OC)c1. The number of alkyl carbamates (subject to hydrolysis) is 1. The van der Waals surface area contributed by atoms with Gasteiger partial charge in [0.15, 0.2) is 0 Å². The maximum atomic E-state index is 11.4. The van der Waals surface area contributed by atoms with E-state index in [1.54, 1.807) is 39.3 Å². The van der Waals surface area contributed by atoms with Gasteiger partial charge in [-0.2, -0.15) is 0 Å². The van der Waals surface area contributed by atoms with Crippen molar-refractivity contribution >= 4 is 6.09 Å². The lowest BCUT2D eigenvalue weighted by molar-refractivity contribution is 0.148. The predicted molar refractivity (Wildman–Crippen MR) is 71.5 cm³/mol. The van der Waals surface area contributed by atoms with Gasteiger partial charge in [-0.15, -0.1) is 0 Å². The molecule has 0 saturated heterocycles. The monoisotopic (exact) mass is 268 g/mol. The van der Waals surface area contributed by atoms with Gasteiger partial charge in [0.2, 0.25) is 0 Å². The quantitative estimate of drug-likeness (QED) is 0.816. The van der Waals surface area contributed by atoms with Gasteiger partial charge in [0.25, 0.3) is 0 Å². The molecule has 3 N–H and O–H groups in total. The molecule has 1 amide bonds. The Morgan fingerprint density at radius 2 is 1.84 bits per heavy atom. The van der Waals surface area contributed by atoms with Crippen LogP contribution in [0.2, 0.25) is 0 Å². The Kier molecular flexibility index (Phi) is 5.95. The fourth-order valence-electron chi connectivity index (χ4n) is 1.62. The zero-order chi connectivity index (χ0) is 14.3. The van der Waals surface area contributed by atoms with Crippen LogP contribution in [0, 0.1) is 0 Å². The molecule has 0 heterocycles. The van der Waals surface area contributed by atoms with E-state index in [-0.39, 0.29) is 12.6 Å². The molecular formula is C13H20N2O4. The number of carbonyl (C=O) groups is 1. The standard InChI is InChI=1S/C13H20N2O4/c1-4-19-13(16)15-12(8-14)9-5-10(17-2)7-11(6-9)18-3/h5-7,12H,4,8,14H2,1-3H3,(H,15,16). The van der Waals surface area contributed by atoms with Gasteiger partial charge >= 0.3 is 6.09 Å². The summed E-state index contributed by atoms with van der Waals surface area (Å²) in [7, 11) is 3.13. The lowest BCUT2D eigenvalue weighted by Gasteiger charge is -2.18. The maximum Gasteiger partial charge on any atom is 0.407 e. The largest absolute Gasteiger partial charge is 0.497 e. The predicted octanol–water partition coefficient (Wildman–Crippen LogP) is 1.45. The van der Waals surface area contributed by atoms with E-state index in [0.29, 0.717) is 18.1 Å². The number of methoxy groups -OCH3 is 2. The minimum absolute atomic E-state index is 0.245. The first-order chi connectivity index (χ1) is 9.14. The van der Waals surface area contributed by atoms with Crippen LogP contribution in [0.25, 0.3) is 0 Å². The average Bonchev–Trinajstić information content (AvgIpc) is 2.44. The Morgan fingerprint density at radius 3 is 2.26 bits per heavy atom. The van der Waals surface area contributed by atoms with E-state index in [4.69, 9.17) is 19.9 Å². The number of rotatable bonds is 6. The Bertz CT molecular complexity index is 401. The first-order valence-corrected chi connectivity index (χ1v) is 6.00. The number of hydrogen-bond donors (Lipinski definition) is 2. The highest BCUT2D eigenvalue weighted by molar-refractivity contribution is 5.68. The molecule has 0 fully saturated rings. The normalized spacial score (nSPS) is 11.6. The van der Waals surface area contributed by atoms with Crippen LogP contribution < -0.4 is 20.5 Å². The van der Waals surface area contributed by atoms with Crippen LogP contribution in [0.5, 0.6) is 11.5 Å². The molecule has 0 aromatic heterocycles.